The molecule has 0 aliphatic rings. The van der Waals surface area contributed by atoms with Gasteiger partial charge in [0.15, 0.2) is 0 Å². The first kappa shape index (κ1) is 20.7. The number of halogens is 3. The van der Waals surface area contributed by atoms with Gasteiger partial charge in [0.1, 0.15) is 11.5 Å². The van der Waals surface area contributed by atoms with Gasteiger partial charge in [0, 0.05) is 17.0 Å². The molecule has 0 heterocycles. The summed E-state index contributed by atoms with van der Waals surface area (Å²) in [5.74, 6) is 0.593. The fraction of sp³-hybridized carbons (Fsp3) is 0.227. The Morgan fingerprint density at radius 3 is 2.48 bits per heavy atom. The Balaban J connectivity index is 1.82. The van der Waals surface area contributed by atoms with Gasteiger partial charge in [0.25, 0.3) is 5.91 Å². The molecule has 0 spiro atoms. The molecule has 1 amide bonds. The molecule has 0 aliphatic heterocycles. The fourth-order valence-corrected chi connectivity index (χ4v) is 2.95. The van der Waals surface area contributed by atoms with Gasteiger partial charge in [-0.05, 0) is 73.8 Å². The Kier molecular flexibility index (Phi) is 6.08. The second-order valence-corrected chi connectivity index (χ2v) is 6.77. The molecule has 3 rings (SSSR count). The van der Waals surface area contributed by atoms with Crippen LogP contribution in [0.5, 0.6) is 11.5 Å². The summed E-state index contributed by atoms with van der Waals surface area (Å²) in [6.45, 7) is 2.38. The molecule has 0 aromatic heterocycles. The van der Waals surface area contributed by atoms with Crippen LogP contribution in [0, 0.1) is 0 Å². The number of hydrogen-bond acceptors (Lipinski definition) is 3. The second-order valence-electron chi connectivity index (χ2n) is 6.77. The van der Waals surface area contributed by atoms with Gasteiger partial charge in [0.2, 0.25) is 0 Å². The molecule has 3 aromatic carbocycles. The number of nitrogens with one attached hydrogen (secondary N) is 1. The van der Waals surface area contributed by atoms with E-state index in [0.717, 1.165) is 22.9 Å². The molecule has 4 nitrogen and oxygen atoms in total. The van der Waals surface area contributed by atoms with Crippen LogP contribution in [0.25, 0.3) is 10.8 Å². The molecule has 0 fully saturated rings. The number of carbonyl (C=O) groups is 1. The third kappa shape index (κ3) is 5.06. The third-order valence-electron chi connectivity index (χ3n) is 4.49. The zero-order chi connectivity index (χ0) is 21.0. The van der Waals surface area contributed by atoms with Gasteiger partial charge in [-0.25, -0.2) is 0 Å². The minimum absolute atomic E-state index is 0.0301. The number of alkyl halides is 3. The lowest BCUT2D eigenvalue weighted by atomic mass is 10.1. The van der Waals surface area contributed by atoms with Crippen LogP contribution in [-0.4, -0.2) is 18.5 Å². The molecule has 0 unspecified atom stereocenters. The van der Waals surface area contributed by atoms with Gasteiger partial charge in [-0.2, -0.15) is 13.2 Å². The van der Waals surface area contributed by atoms with E-state index in [4.69, 9.17) is 10.5 Å². The quantitative estimate of drug-likeness (QED) is 0.602. The van der Waals surface area contributed by atoms with Crippen molar-refractivity contribution in [3.63, 3.8) is 0 Å². The molecular weight excluding hydrogens is 381 g/mol. The van der Waals surface area contributed by atoms with E-state index in [1.54, 1.807) is 30.3 Å². The average Bonchev–Trinajstić information content (AvgIpc) is 2.67. The van der Waals surface area contributed by atoms with Crippen molar-refractivity contribution in [2.45, 2.75) is 25.6 Å². The summed E-state index contributed by atoms with van der Waals surface area (Å²) in [5.41, 5.74) is 5.28. The molecule has 0 aliphatic carbocycles. The highest BCUT2D eigenvalue weighted by Gasteiger charge is 2.30. The number of rotatable bonds is 6. The number of ether oxygens (including phenoxy) is 1. The van der Waals surface area contributed by atoms with Gasteiger partial charge < -0.3 is 15.8 Å². The summed E-state index contributed by atoms with van der Waals surface area (Å²) >= 11 is 0. The van der Waals surface area contributed by atoms with E-state index in [2.05, 4.69) is 5.32 Å². The topological polar surface area (TPSA) is 64.3 Å². The minimum atomic E-state index is -4.39. The molecule has 3 N–H and O–H groups in total. The van der Waals surface area contributed by atoms with E-state index in [-0.39, 0.29) is 11.9 Å². The highest BCUT2D eigenvalue weighted by molar-refractivity contribution is 6.00. The van der Waals surface area contributed by atoms with Crippen LogP contribution in [0.15, 0.2) is 60.7 Å². The van der Waals surface area contributed by atoms with Crippen LogP contribution >= 0.6 is 0 Å². The van der Waals surface area contributed by atoms with Crippen LogP contribution in [-0.2, 0) is 6.18 Å². The smallest absolute Gasteiger partial charge is 0.416 e. The van der Waals surface area contributed by atoms with Crippen molar-refractivity contribution in [1.82, 2.24) is 5.32 Å². The largest absolute Gasteiger partial charge is 0.457 e. The summed E-state index contributed by atoms with van der Waals surface area (Å²) in [6.07, 6.45) is -3.71. The van der Waals surface area contributed by atoms with Crippen molar-refractivity contribution in [2.75, 3.05) is 6.54 Å². The normalized spacial score (nSPS) is 12.6. The fourth-order valence-electron chi connectivity index (χ4n) is 2.95. The average molecular weight is 402 g/mol. The lowest BCUT2D eigenvalue weighted by Crippen LogP contribution is -2.34. The number of amides is 1. The third-order valence-corrected chi connectivity index (χ3v) is 4.49. The molecule has 7 heteroatoms. The van der Waals surface area contributed by atoms with Crippen molar-refractivity contribution in [3.05, 3.63) is 71.8 Å². The first-order valence-corrected chi connectivity index (χ1v) is 9.17. The molecule has 152 valence electrons. The molecule has 0 radical (unpaired) electrons. The standard InChI is InChI=1S/C22H21F3N2O2/c1-14(11-12-26)27-21(28)16-5-10-19-15(13-16)3-2-4-20(19)29-18-8-6-17(7-9-18)22(23,24)25/h2-10,13-14H,11-12,26H2,1H3,(H,27,28)/t14-/m0/s1. The number of nitrogens with two attached hydrogens (primary N) is 1. The van der Waals surface area contributed by atoms with E-state index in [1.807, 2.05) is 13.0 Å². The van der Waals surface area contributed by atoms with Crippen molar-refractivity contribution in [1.29, 1.82) is 0 Å². The maximum Gasteiger partial charge on any atom is 0.416 e. The van der Waals surface area contributed by atoms with Crippen molar-refractivity contribution in [3.8, 4) is 11.5 Å². The molecule has 0 saturated carbocycles. The Bertz CT molecular complexity index is 1000. The Labute approximate surface area is 166 Å². The summed E-state index contributed by atoms with van der Waals surface area (Å²) in [5, 5.41) is 4.43. The van der Waals surface area contributed by atoms with Crippen LogP contribution in [0.3, 0.4) is 0 Å². The van der Waals surface area contributed by atoms with E-state index < -0.39 is 11.7 Å². The van der Waals surface area contributed by atoms with E-state index in [0.29, 0.717) is 30.0 Å². The lowest BCUT2D eigenvalue weighted by molar-refractivity contribution is -0.137. The molecule has 3 aromatic rings. The van der Waals surface area contributed by atoms with E-state index in [9.17, 15) is 18.0 Å². The SMILES string of the molecule is C[C@@H](CCN)NC(=O)c1ccc2c(Oc3ccc(C(F)(F)F)cc3)cccc2c1. The van der Waals surface area contributed by atoms with Gasteiger partial charge in [-0.15, -0.1) is 0 Å². The van der Waals surface area contributed by atoms with Gasteiger partial charge in [0.05, 0.1) is 5.56 Å². The van der Waals surface area contributed by atoms with Gasteiger partial charge in [-0.3, -0.25) is 4.79 Å². The highest BCUT2D eigenvalue weighted by atomic mass is 19.4. The second kappa shape index (κ2) is 8.53. The van der Waals surface area contributed by atoms with Crippen molar-refractivity contribution in [2.24, 2.45) is 5.73 Å². The Hall–Kier alpha value is -3.06. The molecular formula is C22H21F3N2O2. The summed E-state index contributed by atoms with van der Waals surface area (Å²) in [7, 11) is 0. The zero-order valence-corrected chi connectivity index (χ0v) is 15.8. The number of hydrogen-bond donors (Lipinski definition) is 2. The van der Waals surface area contributed by atoms with Crippen molar-refractivity contribution < 1.29 is 22.7 Å². The minimum Gasteiger partial charge on any atom is -0.457 e. The zero-order valence-electron chi connectivity index (χ0n) is 15.8. The monoisotopic (exact) mass is 402 g/mol. The Morgan fingerprint density at radius 1 is 1.10 bits per heavy atom. The summed E-state index contributed by atoms with van der Waals surface area (Å²) in [6, 6.07) is 15.0. The van der Waals surface area contributed by atoms with E-state index >= 15 is 0 Å². The van der Waals surface area contributed by atoms with Gasteiger partial charge in [-0.1, -0.05) is 12.1 Å². The predicted molar refractivity (Wildman–Crippen MR) is 106 cm³/mol. The predicted octanol–water partition coefficient (Wildman–Crippen LogP) is 5.12. The number of fused-ring (bicyclic) bond motifs is 1. The summed E-state index contributed by atoms with van der Waals surface area (Å²) < 4.78 is 43.9. The number of carbonyl (C=O) groups excluding carboxylic acids is 1. The number of benzene rings is 3. The van der Waals surface area contributed by atoms with E-state index in [1.165, 1.54) is 12.1 Å². The van der Waals surface area contributed by atoms with Crippen LogP contribution in [0.4, 0.5) is 13.2 Å². The van der Waals surface area contributed by atoms with Crippen molar-refractivity contribution >= 4 is 16.7 Å². The maximum absolute atomic E-state index is 12.7. The lowest BCUT2D eigenvalue weighted by Gasteiger charge is -2.14. The summed E-state index contributed by atoms with van der Waals surface area (Å²) in [4.78, 5) is 12.4. The maximum atomic E-state index is 12.7. The molecule has 29 heavy (non-hydrogen) atoms. The Morgan fingerprint density at radius 2 is 1.83 bits per heavy atom. The van der Waals surface area contributed by atoms with Crippen LogP contribution < -0.4 is 15.8 Å². The molecule has 1 atom stereocenters. The first-order chi connectivity index (χ1) is 13.8. The van der Waals surface area contributed by atoms with Crippen LogP contribution in [0.1, 0.15) is 29.3 Å². The van der Waals surface area contributed by atoms with Gasteiger partial charge >= 0.3 is 6.18 Å². The molecule has 0 saturated heterocycles. The van der Waals surface area contributed by atoms with Crippen LogP contribution in [0.2, 0.25) is 0 Å². The molecule has 0 bridgehead atoms. The first-order valence-electron chi connectivity index (χ1n) is 9.17. The highest BCUT2D eigenvalue weighted by Crippen LogP contribution is 2.33.